The number of hydrogen-bond acceptors (Lipinski definition) is 3. The highest BCUT2D eigenvalue weighted by molar-refractivity contribution is 5.83. The molecule has 1 amide bonds. The summed E-state index contributed by atoms with van der Waals surface area (Å²) in [6, 6.07) is 14.8. The van der Waals surface area contributed by atoms with Crippen LogP contribution >= 0.6 is 0 Å². The van der Waals surface area contributed by atoms with E-state index in [9.17, 15) is 4.79 Å². The summed E-state index contributed by atoms with van der Waals surface area (Å²) in [5.41, 5.74) is 9.13. The minimum absolute atomic E-state index is 0.0486. The molecule has 0 fully saturated rings. The number of carbonyl (C=O) groups excluding carboxylic acids is 1. The van der Waals surface area contributed by atoms with Crippen LogP contribution in [0.4, 0.5) is 0 Å². The smallest absolute Gasteiger partial charge is 0.241 e. The quantitative estimate of drug-likeness (QED) is 0.912. The second kappa shape index (κ2) is 6.84. The molecule has 0 saturated carbocycles. The Morgan fingerprint density at radius 3 is 2.78 bits per heavy atom. The first-order valence-corrected chi connectivity index (χ1v) is 8.06. The first-order valence-electron chi connectivity index (χ1n) is 8.06. The van der Waals surface area contributed by atoms with E-state index in [-0.39, 0.29) is 11.9 Å². The Bertz CT molecular complexity index is 685. The lowest BCUT2D eigenvalue weighted by Crippen LogP contribution is -2.38. The average Bonchev–Trinajstić information content (AvgIpc) is 2.61. The largest absolute Gasteiger partial charge is 0.493 e. The molecule has 3 rings (SSSR count). The summed E-state index contributed by atoms with van der Waals surface area (Å²) < 4.78 is 5.82. The van der Waals surface area contributed by atoms with Gasteiger partial charge in [-0.15, -0.1) is 0 Å². The molecule has 0 bridgehead atoms. The second-order valence-electron chi connectivity index (χ2n) is 5.78. The lowest BCUT2D eigenvalue weighted by Gasteiger charge is -2.29. The predicted octanol–water partition coefficient (Wildman–Crippen LogP) is 2.89. The summed E-state index contributed by atoms with van der Waals surface area (Å²) in [6.07, 6.45) is 1.67. The molecule has 120 valence electrons. The Labute approximate surface area is 136 Å². The molecule has 3 N–H and O–H groups in total. The number of nitrogens with one attached hydrogen (secondary N) is 1. The van der Waals surface area contributed by atoms with Crippen molar-refractivity contribution in [1.82, 2.24) is 5.32 Å². The lowest BCUT2D eigenvalue weighted by atomic mass is 9.96. The molecule has 0 radical (unpaired) electrons. The van der Waals surface area contributed by atoms with Crippen molar-refractivity contribution in [1.29, 1.82) is 0 Å². The molecule has 0 aromatic heterocycles. The first-order chi connectivity index (χ1) is 11.2. The molecule has 2 unspecified atom stereocenters. The van der Waals surface area contributed by atoms with Gasteiger partial charge in [0.05, 0.1) is 12.6 Å². The number of rotatable bonds is 4. The van der Waals surface area contributed by atoms with Crippen molar-refractivity contribution in [2.75, 3.05) is 6.61 Å². The second-order valence-corrected chi connectivity index (χ2v) is 5.78. The van der Waals surface area contributed by atoms with Crippen LogP contribution in [0.15, 0.2) is 48.5 Å². The summed E-state index contributed by atoms with van der Waals surface area (Å²) >= 11 is 0. The van der Waals surface area contributed by atoms with Crippen molar-refractivity contribution in [3.63, 3.8) is 0 Å². The van der Waals surface area contributed by atoms with E-state index in [0.29, 0.717) is 6.61 Å². The molecule has 4 nitrogen and oxygen atoms in total. The molecule has 1 heterocycles. The number of carbonyl (C=O) groups is 1. The summed E-state index contributed by atoms with van der Waals surface area (Å²) in [4.78, 5) is 12.5. The molecule has 0 aliphatic carbocycles. The molecule has 0 saturated heterocycles. The van der Waals surface area contributed by atoms with Crippen molar-refractivity contribution in [3.05, 3.63) is 65.2 Å². The number of benzene rings is 2. The van der Waals surface area contributed by atoms with Crippen LogP contribution in [-0.4, -0.2) is 12.5 Å². The molecule has 1 aliphatic heterocycles. The Kier molecular flexibility index (Phi) is 4.63. The van der Waals surface area contributed by atoms with Crippen LogP contribution in [0.3, 0.4) is 0 Å². The molecular weight excluding hydrogens is 288 g/mol. The van der Waals surface area contributed by atoms with Crippen LogP contribution in [0, 0.1) is 0 Å². The highest BCUT2D eigenvalue weighted by Gasteiger charge is 2.26. The van der Waals surface area contributed by atoms with Crippen LogP contribution in [-0.2, 0) is 11.2 Å². The fourth-order valence-corrected chi connectivity index (χ4v) is 2.99. The minimum Gasteiger partial charge on any atom is -0.493 e. The Morgan fingerprint density at radius 2 is 2.04 bits per heavy atom. The molecule has 23 heavy (non-hydrogen) atoms. The van der Waals surface area contributed by atoms with Crippen LogP contribution in [0.5, 0.6) is 5.75 Å². The number of hydrogen-bond donors (Lipinski definition) is 2. The van der Waals surface area contributed by atoms with Gasteiger partial charge in [-0.05, 0) is 17.5 Å². The van der Waals surface area contributed by atoms with E-state index in [2.05, 4.69) is 18.3 Å². The molecular formula is C19H22N2O2. The van der Waals surface area contributed by atoms with E-state index in [4.69, 9.17) is 10.5 Å². The topological polar surface area (TPSA) is 64.3 Å². The number of nitrogens with two attached hydrogens (primary N) is 1. The standard InChI is InChI=1S/C19H22N2O2/c1-2-13-9-6-10-15-16(11-12-23-18(13)15)21-19(22)17(20)14-7-4-3-5-8-14/h3-10,16-17H,2,11-12,20H2,1H3,(H,21,22). The Balaban J connectivity index is 1.78. The maximum atomic E-state index is 12.5. The van der Waals surface area contributed by atoms with Crippen molar-refractivity contribution < 1.29 is 9.53 Å². The Hall–Kier alpha value is -2.33. The van der Waals surface area contributed by atoms with E-state index in [1.807, 2.05) is 42.5 Å². The highest BCUT2D eigenvalue weighted by atomic mass is 16.5. The fraction of sp³-hybridized carbons (Fsp3) is 0.316. The van der Waals surface area contributed by atoms with Crippen LogP contribution in [0.1, 0.15) is 42.1 Å². The third-order valence-electron chi connectivity index (χ3n) is 4.29. The third kappa shape index (κ3) is 3.22. The normalized spacial score (nSPS) is 17.7. The van der Waals surface area contributed by atoms with Crippen molar-refractivity contribution in [3.8, 4) is 5.75 Å². The summed E-state index contributed by atoms with van der Waals surface area (Å²) in [6.45, 7) is 2.71. The summed E-state index contributed by atoms with van der Waals surface area (Å²) in [5.74, 6) is 0.760. The van der Waals surface area contributed by atoms with E-state index in [1.165, 1.54) is 5.56 Å². The zero-order valence-electron chi connectivity index (χ0n) is 13.3. The zero-order valence-corrected chi connectivity index (χ0v) is 13.3. The van der Waals surface area contributed by atoms with Gasteiger partial charge in [0.1, 0.15) is 11.8 Å². The van der Waals surface area contributed by atoms with Gasteiger partial charge in [0.15, 0.2) is 0 Å². The van der Waals surface area contributed by atoms with E-state index < -0.39 is 6.04 Å². The zero-order chi connectivity index (χ0) is 16.2. The van der Waals surface area contributed by atoms with Crippen LogP contribution in [0.25, 0.3) is 0 Å². The maximum absolute atomic E-state index is 12.5. The molecule has 4 heteroatoms. The lowest BCUT2D eigenvalue weighted by molar-refractivity contribution is -0.123. The van der Waals surface area contributed by atoms with Gasteiger partial charge in [-0.25, -0.2) is 0 Å². The minimum atomic E-state index is -0.656. The van der Waals surface area contributed by atoms with Crippen molar-refractivity contribution in [2.45, 2.75) is 31.8 Å². The van der Waals surface area contributed by atoms with Gasteiger partial charge < -0.3 is 15.8 Å². The molecule has 2 aromatic carbocycles. The number of ether oxygens (including phenoxy) is 1. The van der Waals surface area contributed by atoms with Gasteiger partial charge >= 0.3 is 0 Å². The van der Waals surface area contributed by atoms with Crippen LogP contribution in [0.2, 0.25) is 0 Å². The Morgan fingerprint density at radius 1 is 1.26 bits per heavy atom. The molecule has 2 aromatic rings. The van der Waals surface area contributed by atoms with Gasteiger partial charge in [-0.1, -0.05) is 55.5 Å². The predicted molar refractivity (Wildman–Crippen MR) is 90.2 cm³/mol. The van der Waals surface area contributed by atoms with Crippen LogP contribution < -0.4 is 15.8 Å². The van der Waals surface area contributed by atoms with Gasteiger partial charge in [-0.3, -0.25) is 4.79 Å². The average molecular weight is 310 g/mol. The third-order valence-corrected chi connectivity index (χ3v) is 4.29. The summed E-state index contributed by atoms with van der Waals surface area (Å²) in [7, 11) is 0. The number of amides is 1. The number of para-hydroxylation sites is 1. The molecule has 0 spiro atoms. The maximum Gasteiger partial charge on any atom is 0.241 e. The van der Waals surface area contributed by atoms with Gasteiger partial charge in [-0.2, -0.15) is 0 Å². The fourth-order valence-electron chi connectivity index (χ4n) is 2.99. The first kappa shape index (κ1) is 15.6. The highest BCUT2D eigenvalue weighted by Crippen LogP contribution is 2.35. The van der Waals surface area contributed by atoms with Crippen molar-refractivity contribution >= 4 is 5.91 Å². The number of fused-ring (bicyclic) bond motifs is 1. The van der Waals surface area contributed by atoms with Gasteiger partial charge in [0, 0.05) is 12.0 Å². The SMILES string of the molecule is CCc1cccc2c1OCCC2NC(=O)C(N)c1ccccc1. The van der Waals surface area contributed by atoms with E-state index in [1.54, 1.807) is 0 Å². The molecule has 1 aliphatic rings. The molecule has 2 atom stereocenters. The summed E-state index contributed by atoms with van der Waals surface area (Å²) in [5, 5.41) is 3.08. The van der Waals surface area contributed by atoms with Gasteiger partial charge in [0.2, 0.25) is 5.91 Å². The van der Waals surface area contributed by atoms with E-state index >= 15 is 0 Å². The van der Waals surface area contributed by atoms with Crippen molar-refractivity contribution in [2.24, 2.45) is 5.73 Å². The van der Waals surface area contributed by atoms with Gasteiger partial charge in [0.25, 0.3) is 0 Å². The monoisotopic (exact) mass is 310 g/mol. The number of aryl methyl sites for hydroxylation is 1. The van der Waals surface area contributed by atoms with E-state index in [0.717, 1.165) is 29.7 Å².